The summed E-state index contributed by atoms with van der Waals surface area (Å²) in [6, 6.07) is 6.05. The second-order valence-corrected chi connectivity index (χ2v) is 4.58. The van der Waals surface area contributed by atoms with Crippen molar-refractivity contribution in [2.24, 2.45) is 0 Å². The van der Waals surface area contributed by atoms with Gasteiger partial charge in [-0.2, -0.15) is 0 Å². The maximum Gasteiger partial charge on any atom is 0.151 e. The van der Waals surface area contributed by atoms with E-state index in [9.17, 15) is 0 Å². The summed E-state index contributed by atoms with van der Waals surface area (Å²) < 4.78 is 5.33. The van der Waals surface area contributed by atoms with E-state index in [4.69, 9.17) is 4.74 Å². The molecule has 0 atom stereocenters. The van der Waals surface area contributed by atoms with E-state index >= 15 is 0 Å². The van der Waals surface area contributed by atoms with Crippen LogP contribution in [0.2, 0.25) is 0 Å². The SMILES string of the molecule is CNc1nnc(-c2ccc(OC)c(C)c2C)cc1C. The van der Waals surface area contributed by atoms with E-state index in [0.29, 0.717) is 0 Å². The molecule has 0 amide bonds. The highest BCUT2D eigenvalue weighted by molar-refractivity contribution is 5.68. The van der Waals surface area contributed by atoms with Gasteiger partial charge in [-0.15, -0.1) is 10.2 Å². The molecule has 0 aliphatic heterocycles. The molecule has 0 fully saturated rings. The largest absolute Gasteiger partial charge is 0.496 e. The molecule has 2 aromatic rings. The van der Waals surface area contributed by atoms with Crippen LogP contribution in [-0.4, -0.2) is 24.4 Å². The first-order valence-electron chi connectivity index (χ1n) is 6.25. The molecule has 0 unspecified atom stereocenters. The fourth-order valence-corrected chi connectivity index (χ4v) is 2.16. The summed E-state index contributed by atoms with van der Waals surface area (Å²) in [6.07, 6.45) is 0. The number of aromatic nitrogens is 2. The monoisotopic (exact) mass is 257 g/mol. The Morgan fingerprint density at radius 1 is 1.05 bits per heavy atom. The minimum atomic E-state index is 0.812. The zero-order valence-electron chi connectivity index (χ0n) is 12.0. The molecular weight excluding hydrogens is 238 g/mol. The lowest BCUT2D eigenvalue weighted by Gasteiger charge is -2.13. The van der Waals surface area contributed by atoms with Crippen molar-refractivity contribution in [3.8, 4) is 17.0 Å². The summed E-state index contributed by atoms with van der Waals surface area (Å²) in [5.74, 6) is 1.71. The number of ether oxygens (including phenoxy) is 1. The standard InChI is InChI=1S/C15H19N3O/c1-9-8-13(17-18-15(9)16-4)12-6-7-14(19-5)11(3)10(12)2/h6-8H,1-5H3,(H,16,18). The molecular formula is C15H19N3O. The van der Waals surface area contributed by atoms with Gasteiger partial charge in [0.1, 0.15) is 5.75 Å². The highest BCUT2D eigenvalue weighted by Gasteiger charge is 2.11. The minimum absolute atomic E-state index is 0.812. The van der Waals surface area contributed by atoms with Crippen LogP contribution in [0.4, 0.5) is 5.82 Å². The van der Waals surface area contributed by atoms with E-state index in [1.165, 1.54) is 5.56 Å². The normalized spacial score (nSPS) is 10.4. The van der Waals surface area contributed by atoms with E-state index in [-0.39, 0.29) is 0 Å². The average Bonchev–Trinajstić information content (AvgIpc) is 2.41. The number of benzene rings is 1. The Hall–Kier alpha value is -2.10. The third-order valence-electron chi connectivity index (χ3n) is 3.45. The lowest BCUT2D eigenvalue weighted by molar-refractivity contribution is 0.411. The van der Waals surface area contributed by atoms with Crippen molar-refractivity contribution in [2.75, 3.05) is 19.5 Å². The molecule has 0 aliphatic rings. The number of anilines is 1. The van der Waals surface area contributed by atoms with Gasteiger partial charge < -0.3 is 10.1 Å². The number of rotatable bonds is 3. The van der Waals surface area contributed by atoms with Crippen molar-refractivity contribution in [1.82, 2.24) is 10.2 Å². The third kappa shape index (κ3) is 2.38. The molecule has 2 rings (SSSR count). The van der Waals surface area contributed by atoms with E-state index in [0.717, 1.165) is 34.0 Å². The average molecular weight is 257 g/mol. The van der Waals surface area contributed by atoms with Crippen LogP contribution in [0.25, 0.3) is 11.3 Å². The molecule has 4 heteroatoms. The molecule has 0 bridgehead atoms. The first kappa shape index (κ1) is 13.3. The van der Waals surface area contributed by atoms with Crippen LogP contribution < -0.4 is 10.1 Å². The smallest absolute Gasteiger partial charge is 0.151 e. The molecule has 0 aliphatic carbocycles. The van der Waals surface area contributed by atoms with Gasteiger partial charge in [0.05, 0.1) is 12.8 Å². The van der Waals surface area contributed by atoms with Gasteiger partial charge >= 0.3 is 0 Å². The Morgan fingerprint density at radius 3 is 2.37 bits per heavy atom. The summed E-state index contributed by atoms with van der Waals surface area (Å²) in [5.41, 5.74) is 5.37. The van der Waals surface area contributed by atoms with E-state index in [2.05, 4.69) is 29.4 Å². The van der Waals surface area contributed by atoms with Crippen molar-refractivity contribution in [3.63, 3.8) is 0 Å². The molecule has 4 nitrogen and oxygen atoms in total. The van der Waals surface area contributed by atoms with Gasteiger partial charge in [-0.3, -0.25) is 0 Å². The van der Waals surface area contributed by atoms with Crippen LogP contribution in [0.1, 0.15) is 16.7 Å². The van der Waals surface area contributed by atoms with Crippen LogP contribution >= 0.6 is 0 Å². The highest BCUT2D eigenvalue weighted by atomic mass is 16.5. The van der Waals surface area contributed by atoms with Crippen molar-refractivity contribution >= 4 is 5.82 Å². The Bertz CT molecular complexity index is 609. The molecule has 1 N–H and O–H groups in total. The first-order chi connectivity index (χ1) is 9.08. The summed E-state index contributed by atoms with van der Waals surface area (Å²) in [7, 11) is 3.53. The second-order valence-electron chi connectivity index (χ2n) is 4.58. The topological polar surface area (TPSA) is 47.0 Å². The van der Waals surface area contributed by atoms with Crippen LogP contribution in [-0.2, 0) is 0 Å². The molecule has 1 heterocycles. The van der Waals surface area contributed by atoms with Gasteiger partial charge in [0.15, 0.2) is 5.82 Å². The number of hydrogen-bond donors (Lipinski definition) is 1. The molecule has 1 aromatic carbocycles. The predicted octanol–water partition coefficient (Wildman–Crippen LogP) is 3.12. The number of aryl methyl sites for hydroxylation is 1. The van der Waals surface area contributed by atoms with Gasteiger partial charge in [-0.1, -0.05) is 0 Å². The Labute approximate surface area is 113 Å². The zero-order chi connectivity index (χ0) is 14.0. The van der Waals surface area contributed by atoms with Gasteiger partial charge in [-0.25, -0.2) is 0 Å². The van der Waals surface area contributed by atoms with Gasteiger partial charge in [0.25, 0.3) is 0 Å². The highest BCUT2D eigenvalue weighted by Crippen LogP contribution is 2.30. The van der Waals surface area contributed by atoms with Gasteiger partial charge in [0, 0.05) is 12.6 Å². The van der Waals surface area contributed by atoms with Crippen molar-refractivity contribution in [1.29, 1.82) is 0 Å². The van der Waals surface area contributed by atoms with Crippen molar-refractivity contribution in [3.05, 3.63) is 34.9 Å². The number of nitrogens with zero attached hydrogens (tertiary/aromatic N) is 2. The third-order valence-corrected chi connectivity index (χ3v) is 3.45. The quantitative estimate of drug-likeness (QED) is 0.917. The molecule has 100 valence electrons. The van der Waals surface area contributed by atoms with Crippen LogP contribution in [0.15, 0.2) is 18.2 Å². The van der Waals surface area contributed by atoms with Crippen LogP contribution in [0, 0.1) is 20.8 Å². The van der Waals surface area contributed by atoms with E-state index < -0.39 is 0 Å². The number of nitrogens with one attached hydrogen (secondary N) is 1. The van der Waals surface area contributed by atoms with Gasteiger partial charge in [-0.05, 0) is 55.7 Å². The van der Waals surface area contributed by atoms with E-state index in [1.54, 1.807) is 7.11 Å². The zero-order valence-corrected chi connectivity index (χ0v) is 12.0. The fraction of sp³-hybridized carbons (Fsp3) is 0.333. The van der Waals surface area contributed by atoms with Gasteiger partial charge in [0.2, 0.25) is 0 Å². The van der Waals surface area contributed by atoms with Crippen LogP contribution in [0.3, 0.4) is 0 Å². The Kier molecular flexibility index (Phi) is 3.69. The fourth-order valence-electron chi connectivity index (χ4n) is 2.16. The summed E-state index contributed by atoms with van der Waals surface area (Å²) >= 11 is 0. The second kappa shape index (κ2) is 5.26. The Balaban J connectivity index is 2.53. The minimum Gasteiger partial charge on any atom is -0.496 e. The molecule has 0 saturated carbocycles. The molecule has 0 saturated heterocycles. The summed E-state index contributed by atoms with van der Waals surface area (Å²) in [4.78, 5) is 0. The number of methoxy groups -OCH3 is 1. The maximum atomic E-state index is 5.33. The summed E-state index contributed by atoms with van der Waals surface area (Å²) in [5, 5.41) is 11.5. The first-order valence-corrected chi connectivity index (χ1v) is 6.25. The number of hydrogen-bond acceptors (Lipinski definition) is 4. The Morgan fingerprint density at radius 2 is 1.79 bits per heavy atom. The van der Waals surface area contributed by atoms with Crippen LogP contribution in [0.5, 0.6) is 5.75 Å². The molecule has 1 aromatic heterocycles. The predicted molar refractivity (Wildman–Crippen MR) is 77.8 cm³/mol. The molecule has 0 spiro atoms. The maximum absolute atomic E-state index is 5.33. The van der Waals surface area contributed by atoms with Crippen molar-refractivity contribution in [2.45, 2.75) is 20.8 Å². The molecule has 0 radical (unpaired) electrons. The lowest BCUT2D eigenvalue weighted by Crippen LogP contribution is -2.00. The molecule has 19 heavy (non-hydrogen) atoms. The van der Waals surface area contributed by atoms with E-state index in [1.807, 2.05) is 32.2 Å². The lowest BCUT2D eigenvalue weighted by atomic mass is 9.99. The van der Waals surface area contributed by atoms with Crippen molar-refractivity contribution < 1.29 is 4.74 Å². The summed E-state index contributed by atoms with van der Waals surface area (Å²) in [6.45, 7) is 6.16.